The van der Waals surface area contributed by atoms with Crippen LogP contribution in [0.3, 0.4) is 0 Å². The summed E-state index contributed by atoms with van der Waals surface area (Å²) in [5.41, 5.74) is 2.15. The summed E-state index contributed by atoms with van der Waals surface area (Å²) in [6, 6.07) is 0. The summed E-state index contributed by atoms with van der Waals surface area (Å²) < 4.78 is 0. The summed E-state index contributed by atoms with van der Waals surface area (Å²) in [6.07, 6.45) is 7.15. The molecule has 1 nitrogen and oxygen atoms in total. The molecule has 0 heterocycles. The molecular weight excluding hydrogens is 170 g/mol. The van der Waals surface area contributed by atoms with Gasteiger partial charge >= 0.3 is 0 Å². The van der Waals surface area contributed by atoms with Gasteiger partial charge in [0.05, 0.1) is 0 Å². The summed E-state index contributed by atoms with van der Waals surface area (Å²) >= 11 is 0. The molecule has 0 aromatic rings. The molecule has 4 aliphatic rings. The normalized spacial score (nSPS) is 50.5. The van der Waals surface area contributed by atoms with Crippen molar-refractivity contribution in [3.05, 3.63) is 12.2 Å². The average molecular weight is 191 g/mol. The van der Waals surface area contributed by atoms with E-state index in [1.165, 1.54) is 32.1 Å². The highest BCUT2D eigenvalue weighted by atomic mass is 15.2. The first-order valence-corrected chi connectivity index (χ1v) is 5.97. The van der Waals surface area contributed by atoms with E-state index >= 15 is 0 Å². The number of hydrogen-bond donors (Lipinski definition) is 0. The predicted molar refractivity (Wildman–Crippen MR) is 59.1 cm³/mol. The van der Waals surface area contributed by atoms with Crippen LogP contribution in [0.1, 0.15) is 32.1 Å². The van der Waals surface area contributed by atoms with Gasteiger partial charge < -0.3 is 4.90 Å². The molecule has 0 aliphatic heterocycles. The monoisotopic (exact) mass is 191 g/mol. The van der Waals surface area contributed by atoms with Crippen molar-refractivity contribution in [1.29, 1.82) is 0 Å². The molecule has 4 fully saturated rings. The van der Waals surface area contributed by atoms with Crippen LogP contribution in [0.2, 0.25) is 0 Å². The molecule has 0 N–H and O–H groups in total. The number of hydrogen-bond acceptors (Lipinski definition) is 1. The maximum Gasteiger partial charge on any atom is 0.0217 e. The third-order valence-corrected chi connectivity index (χ3v) is 5.15. The molecule has 0 spiro atoms. The molecule has 4 saturated carbocycles. The summed E-state index contributed by atoms with van der Waals surface area (Å²) in [6.45, 7) is 4.33. The van der Waals surface area contributed by atoms with Crippen molar-refractivity contribution in [3.63, 3.8) is 0 Å². The van der Waals surface area contributed by atoms with E-state index in [0.717, 1.165) is 17.8 Å². The van der Waals surface area contributed by atoms with E-state index < -0.39 is 0 Å². The van der Waals surface area contributed by atoms with Crippen molar-refractivity contribution in [2.75, 3.05) is 14.1 Å². The number of nitrogens with zero attached hydrogens (tertiary/aromatic N) is 1. The molecule has 78 valence electrons. The molecule has 0 saturated heterocycles. The summed E-state index contributed by atoms with van der Waals surface area (Å²) in [5.74, 6) is 2.74. The SMILES string of the molecule is C=C1[C@@H]2CC3C[C@H]1CC(N(C)C)(C3)C2. The quantitative estimate of drug-likeness (QED) is 0.576. The molecule has 0 amide bonds. The maximum atomic E-state index is 4.33. The van der Waals surface area contributed by atoms with Crippen LogP contribution in [0.25, 0.3) is 0 Å². The molecule has 4 rings (SSSR count). The summed E-state index contributed by atoms with van der Waals surface area (Å²) in [5, 5.41) is 0. The van der Waals surface area contributed by atoms with Gasteiger partial charge in [-0.2, -0.15) is 0 Å². The van der Waals surface area contributed by atoms with E-state index in [4.69, 9.17) is 0 Å². The second-order valence-electron chi connectivity index (χ2n) is 6.04. The van der Waals surface area contributed by atoms with Crippen molar-refractivity contribution in [2.45, 2.75) is 37.6 Å². The van der Waals surface area contributed by atoms with Crippen LogP contribution in [0.15, 0.2) is 12.2 Å². The Morgan fingerprint density at radius 3 is 2.21 bits per heavy atom. The van der Waals surface area contributed by atoms with Gasteiger partial charge in [-0.25, -0.2) is 0 Å². The van der Waals surface area contributed by atoms with Gasteiger partial charge in [0, 0.05) is 5.54 Å². The van der Waals surface area contributed by atoms with E-state index in [1.54, 1.807) is 5.57 Å². The first kappa shape index (κ1) is 8.96. The minimum absolute atomic E-state index is 0.553. The average Bonchev–Trinajstić information content (AvgIpc) is 2.12. The fraction of sp³-hybridized carbons (Fsp3) is 0.846. The highest BCUT2D eigenvalue weighted by Crippen LogP contribution is 2.58. The fourth-order valence-corrected chi connectivity index (χ4v) is 4.38. The standard InChI is InChI=1S/C13H21N/c1-9-11-4-10-5-12(9)8-13(6-10,7-11)14(2)3/h10-12H,1,4-8H2,2-3H3/t10?,11-,12+,13?. The highest BCUT2D eigenvalue weighted by molar-refractivity contribution is 5.22. The summed E-state index contributed by atoms with van der Waals surface area (Å²) in [4.78, 5) is 2.50. The lowest BCUT2D eigenvalue weighted by atomic mass is 9.51. The van der Waals surface area contributed by atoms with Gasteiger partial charge in [0.1, 0.15) is 0 Å². The molecule has 0 radical (unpaired) electrons. The van der Waals surface area contributed by atoms with Crippen LogP contribution in [-0.2, 0) is 0 Å². The first-order chi connectivity index (χ1) is 6.61. The van der Waals surface area contributed by atoms with Crippen molar-refractivity contribution >= 4 is 0 Å². The van der Waals surface area contributed by atoms with Crippen LogP contribution in [-0.4, -0.2) is 24.5 Å². The lowest BCUT2D eigenvalue weighted by molar-refractivity contribution is -0.0382. The van der Waals surface area contributed by atoms with Crippen LogP contribution in [0.4, 0.5) is 0 Å². The van der Waals surface area contributed by atoms with Gasteiger partial charge in [-0.05, 0) is 64.0 Å². The molecular formula is C13H21N. The van der Waals surface area contributed by atoms with Gasteiger partial charge in [0.15, 0.2) is 0 Å². The van der Waals surface area contributed by atoms with E-state index in [-0.39, 0.29) is 0 Å². The number of allylic oxidation sites excluding steroid dienone is 1. The Kier molecular flexibility index (Phi) is 1.69. The fourth-order valence-electron chi connectivity index (χ4n) is 4.38. The van der Waals surface area contributed by atoms with E-state index in [9.17, 15) is 0 Å². The lowest BCUT2D eigenvalue weighted by Crippen LogP contribution is -2.58. The van der Waals surface area contributed by atoms with Crippen LogP contribution < -0.4 is 0 Å². The molecule has 0 aromatic heterocycles. The molecule has 1 heteroatoms. The largest absolute Gasteiger partial charge is 0.304 e. The van der Waals surface area contributed by atoms with Crippen molar-refractivity contribution in [2.24, 2.45) is 17.8 Å². The molecule has 4 aliphatic carbocycles. The molecule has 4 bridgehead atoms. The smallest absolute Gasteiger partial charge is 0.0217 e. The number of rotatable bonds is 1. The van der Waals surface area contributed by atoms with Crippen LogP contribution in [0, 0.1) is 17.8 Å². The van der Waals surface area contributed by atoms with E-state index in [2.05, 4.69) is 25.6 Å². The molecule has 14 heavy (non-hydrogen) atoms. The minimum atomic E-state index is 0.553. The van der Waals surface area contributed by atoms with Gasteiger partial charge in [-0.1, -0.05) is 12.2 Å². The van der Waals surface area contributed by atoms with Gasteiger partial charge in [-0.3, -0.25) is 0 Å². The molecule has 2 unspecified atom stereocenters. The Morgan fingerprint density at radius 2 is 1.71 bits per heavy atom. The van der Waals surface area contributed by atoms with Gasteiger partial charge in [0.25, 0.3) is 0 Å². The Labute approximate surface area is 87.2 Å². The highest BCUT2D eigenvalue weighted by Gasteiger charge is 2.53. The van der Waals surface area contributed by atoms with Crippen molar-refractivity contribution in [3.8, 4) is 0 Å². The third kappa shape index (κ3) is 0.995. The van der Waals surface area contributed by atoms with Crippen molar-refractivity contribution in [1.82, 2.24) is 4.90 Å². The third-order valence-electron chi connectivity index (χ3n) is 5.15. The lowest BCUT2D eigenvalue weighted by Gasteiger charge is -2.60. The Morgan fingerprint density at radius 1 is 1.14 bits per heavy atom. The molecule has 0 aromatic carbocycles. The van der Waals surface area contributed by atoms with Gasteiger partial charge in [-0.15, -0.1) is 0 Å². The second-order valence-corrected chi connectivity index (χ2v) is 6.04. The van der Waals surface area contributed by atoms with Crippen molar-refractivity contribution < 1.29 is 0 Å². The first-order valence-electron chi connectivity index (χ1n) is 5.97. The zero-order valence-corrected chi connectivity index (χ0v) is 9.42. The van der Waals surface area contributed by atoms with Crippen LogP contribution >= 0.6 is 0 Å². The summed E-state index contributed by atoms with van der Waals surface area (Å²) in [7, 11) is 4.55. The topological polar surface area (TPSA) is 3.24 Å². The Bertz CT molecular complexity index is 261. The predicted octanol–water partition coefficient (Wildman–Crippen LogP) is 2.68. The van der Waals surface area contributed by atoms with Crippen LogP contribution in [0.5, 0.6) is 0 Å². The maximum absolute atomic E-state index is 4.33. The molecule has 4 atom stereocenters. The zero-order valence-electron chi connectivity index (χ0n) is 9.42. The second kappa shape index (κ2) is 2.63. The Hall–Kier alpha value is -0.300. The minimum Gasteiger partial charge on any atom is -0.304 e. The van der Waals surface area contributed by atoms with E-state index in [0.29, 0.717) is 5.54 Å². The van der Waals surface area contributed by atoms with E-state index in [1.807, 2.05) is 0 Å². The Balaban J connectivity index is 1.96. The zero-order chi connectivity index (χ0) is 9.92. The van der Waals surface area contributed by atoms with Gasteiger partial charge in [0.2, 0.25) is 0 Å².